The first-order valence-electron chi connectivity index (χ1n) is 14.1. The maximum Gasteiger partial charge on any atom is 0.412 e. The number of rotatable bonds is 8. The zero-order valence-electron chi connectivity index (χ0n) is 23.6. The van der Waals surface area contributed by atoms with E-state index in [9.17, 15) is 18.0 Å². The predicted molar refractivity (Wildman–Crippen MR) is 155 cm³/mol. The Morgan fingerprint density at radius 3 is 2.32 bits per heavy atom. The fraction of sp³-hybridized carbons (Fsp3) is 0.607. The lowest BCUT2D eigenvalue weighted by molar-refractivity contribution is -0.0951. The molecule has 2 aromatic rings. The van der Waals surface area contributed by atoms with Gasteiger partial charge in [0, 0.05) is 34.9 Å². The molecule has 2 aliphatic carbocycles. The lowest BCUT2D eigenvalue weighted by atomic mass is 9.86. The van der Waals surface area contributed by atoms with Gasteiger partial charge in [0.2, 0.25) is 10.0 Å². The topological polar surface area (TPSA) is 145 Å². The predicted octanol–water partition coefficient (Wildman–Crippen LogP) is 5.14. The van der Waals surface area contributed by atoms with E-state index < -0.39 is 21.7 Å². The SMILES string of the molecule is CC(C)(C)NS(=O)(=O)c1cc(NC(=O)OC2COC2)ccc1-c1cnc(C2CCC(NC(=O)OC3CCC3)CC2)s1. The highest BCUT2D eigenvalue weighted by molar-refractivity contribution is 7.89. The molecule has 0 bridgehead atoms. The maximum atomic E-state index is 13.5. The van der Waals surface area contributed by atoms with E-state index in [1.807, 2.05) is 0 Å². The molecule has 1 aliphatic heterocycles. The summed E-state index contributed by atoms with van der Waals surface area (Å²) in [7, 11) is -3.95. The Morgan fingerprint density at radius 1 is 1.00 bits per heavy atom. The number of benzene rings is 1. The number of aromatic nitrogens is 1. The first kappa shape index (κ1) is 29.7. The summed E-state index contributed by atoms with van der Waals surface area (Å²) < 4.78 is 45.4. The summed E-state index contributed by atoms with van der Waals surface area (Å²) in [5.41, 5.74) is 0.101. The van der Waals surface area contributed by atoms with Crippen molar-refractivity contribution >= 4 is 39.2 Å². The fourth-order valence-electron chi connectivity index (χ4n) is 4.99. The van der Waals surface area contributed by atoms with Gasteiger partial charge in [-0.3, -0.25) is 5.32 Å². The molecule has 11 nitrogen and oxygen atoms in total. The van der Waals surface area contributed by atoms with E-state index >= 15 is 0 Å². The maximum absolute atomic E-state index is 13.5. The number of amides is 2. The molecule has 1 saturated heterocycles. The number of alkyl carbamates (subject to hydrolysis) is 1. The molecular formula is C28H38N4O7S2. The van der Waals surface area contributed by atoms with Crippen LogP contribution < -0.4 is 15.4 Å². The van der Waals surface area contributed by atoms with Gasteiger partial charge >= 0.3 is 12.2 Å². The highest BCUT2D eigenvalue weighted by Gasteiger charge is 2.30. The van der Waals surface area contributed by atoms with Crippen molar-refractivity contribution in [1.29, 1.82) is 0 Å². The summed E-state index contributed by atoms with van der Waals surface area (Å²) in [4.78, 5) is 29.9. The first-order valence-corrected chi connectivity index (χ1v) is 16.4. The molecule has 0 atom stereocenters. The van der Waals surface area contributed by atoms with Crippen LogP contribution in [0.15, 0.2) is 29.3 Å². The molecule has 1 aromatic heterocycles. The first-order chi connectivity index (χ1) is 19.4. The van der Waals surface area contributed by atoms with Gasteiger partial charge < -0.3 is 19.5 Å². The quantitative estimate of drug-likeness (QED) is 0.375. The zero-order chi connectivity index (χ0) is 29.2. The Balaban J connectivity index is 1.29. The van der Waals surface area contributed by atoms with Gasteiger partial charge in [0.1, 0.15) is 6.10 Å². The number of thiazole rings is 1. The molecular weight excluding hydrogens is 568 g/mol. The van der Waals surface area contributed by atoms with Gasteiger partial charge in [-0.2, -0.15) is 0 Å². The van der Waals surface area contributed by atoms with Crippen molar-refractivity contribution in [2.24, 2.45) is 0 Å². The van der Waals surface area contributed by atoms with Crippen molar-refractivity contribution in [2.45, 2.75) is 100 Å². The number of carbonyl (C=O) groups is 2. The summed E-state index contributed by atoms with van der Waals surface area (Å²) in [6.45, 7) is 6.01. The van der Waals surface area contributed by atoms with E-state index in [1.54, 1.807) is 39.1 Å². The van der Waals surface area contributed by atoms with Gasteiger partial charge in [-0.1, -0.05) is 6.07 Å². The van der Waals surface area contributed by atoms with E-state index in [0.717, 1.165) is 54.8 Å². The van der Waals surface area contributed by atoms with Crippen molar-refractivity contribution in [1.82, 2.24) is 15.0 Å². The Labute approximate surface area is 244 Å². The monoisotopic (exact) mass is 606 g/mol. The summed E-state index contributed by atoms with van der Waals surface area (Å²) in [6, 6.07) is 4.87. The van der Waals surface area contributed by atoms with Gasteiger partial charge in [-0.15, -0.1) is 11.3 Å². The van der Waals surface area contributed by atoms with E-state index in [2.05, 4.69) is 20.3 Å². The van der Waals surface area contributed by atoms with Gasteiger partial charge in [-0.05, 0) is 77.8 Å². The molecule has 5 rings (SSSR count). The second-order valence-electron chi connectivity index (χ2n) is 12.0. The Morgan fingerprint density at radius 2 is 1.71 bits per heavy atom. The molecule has 0 spiro atoms. The summed E-state index contributed by atoms with van der Waals surface area (Å²) in [5, 5.41) is 6.57. The third-order valence-electron chi connectivity index (χ3n) is 7.35. The van der Waals surface area contributed by atoms with Crippen molar-refractivity contribution < 1.29 is 32.2 Å². The smallest absolute Gasteiger partial charge is 0.412 e. The number of nitrogens with one attached hydrogen (secondary N) is 3. The molecule has 13 heteroatoms. The van der Waals surface area contributed by atoms with Gasteiger partial charge in [0.05, 0.1) is 28.0 Å². The fourth-order valence-corrected chi connectivity index (χ4v) is 7.85. The lowest BCUT2D eigenvalue weighted by Gasteiger charge is -2.30. The van der Waals surface area contributed by atoms with Crippen LogP contribution in [0.2, 0.25) is 0 Å². The van der Waals surface area contributed by atoms with Crippen LogP contribution in [0.1, 0.15) is 76.6 Å². The third kappa shape index (κ3) is 7.76. The van der Waals surface area contributed by atoms with Crippen LogP contribution in [-0.4, -0.2) is 62.6 Å². The Bertz CT molecular complexity index is 1360. The molecule has 224 valence electrons. The lowest BCUT2D eigenvalue weighted by Crippen LogP contribution is -2.40. The Kier molecular flexibility index (Phi) is 8.88. The summed E-state index contributed by atoms with van der Waals surface area (Å²) >= 11 is 1.47. The van der Waals surface area contributed by atoms with Crippen LogP contribution in [0.4, 0.5) is 15.3 Å². The number of hydrogen-bond donors (Lipinski definition) is 3. The number of sulfonamides is 1. The van der Waals surface area contributed by atoms with Gasteiger partial charge in [-0.25, -0.2) is 27.7 Å². The summed E-state index contributed by atoms with van der Waals surface area (Å²) in [6.07, 6.45) is 6.90. The average molecular weight is 607 g/mol. The van der Waals surface area contributed by atoms with Gasteiger partial charge in [0.25, 0.3) is 0 Å². The average Bonchev–Trinajstić information content (AvgIpc) is 3.33. The zero-order valence-corrected chi connectivity index (χ0v) is 25.2. The molecule has 0 radical (unpaired) electrons. The number of ether oxygens (including phenoxy) is 3. The van der Waals surface area contributed by atoms with E-state index in [-0.39, 0.29) is 35.2 Å². The molecule has 1 aromatic carbocycles. The van der Waals surface area contributed by atoms with Crippen LogP contribution in [0.5, 0.6) is 0 Å². The van der Waals surface area contributed by atoms with Crippen LogP contribution in [0.25, 0.3) is 10.4 Å². The largest absolute Gasteiger partial charge is 0.446 e. The highest BCUT2D eigenvalue weighted by Crippen LogP contribution is 2.40. The van der Waals surface area contributed by atoms with Crippen molar-refractivity contribution in [3.05, 3.63) is 29.4 Å². The number of hydrogen-bond acceptors (Lipinski definition) is 9. The highest BCUT2D eigenvalue weighted by atomic mass is 32.2. The number of carbonyl (C=O) groups excluding carboxylic acids is 2. The molecule has 2 saturated carbocycles. The van der Waals surface area contributed by atoms with Gasteiger partial charge in [0.15, 0.2) is 6.10 Å². The van der Waals surface area contributed by atoms with Crippen LogP contribution in [0, 0.1) is 0 Å². The van der Waals surface area contributed by atoms with E-state index in [1.165, 1.54) is 17.4 Å². The van der Waals surface area contributed by atoms with E-state index in [0.29, 0.717) is 24.5 Å². The van der Waals surface area contributed by atoms with Crippen molar-refractivity contribution in [3.63, 3.8) is 0 Å². The normalized spacial score (nSPS) is 21.8. The number of nitrogens with zero attached hydrogens (tertiary/aromatic N) is 1. The second kappa shape index (κ2) is 12.2. The van der Waals surface area contributed by atoms with Crippen LogP contribution in [-0.2, 0) is 24.2 Å². The third-order valence-corrected chi connectivity index (χ3v) is 10.3. The second-order valence-corrected chi connectivity index (χ2v) is 14.7. The molecule has 41 heavy (non-hydrogen) atoms. The molecule has 3 aliphatic rings. The summed E-state index contributed by atoms with van der Waals surface area (Å²) in [5.74, 6) is 0.230. The van der Waals surface area contributed by atoms with E-state index in [4.69, 9.17) is 14.2 Å². The minimum absolute atomic E-state index is 0.0466. The number of anilines is 1. The van der Waals surface area contributed by atoms with Crippen LogP contribution >= 0.6 is 11.3 Å². The Hall–Kier alpha value is -2.74. The minimum atomic E-state index is -3.95. The van der Waals surface area contributed by atoms with Crippen LogP contribution in [0.3, 0.4) is 0 Å². The standard InChI is InChI=1S/C28H38N4O7S2/c1-28(2,3)32-41(35,36)24-13-19(31-27(34)39-21-15-37-16-21)11-12-22(24)23-14-29-25(40-23)17-7-9-18(10-8-17)30-26(33)38-20-5-4-6-20/h11-14,17-18,20-21,32H,4-10,15-16H2,1-3H3,(H,30,33)(H,31,34). The molecule has 3 N–H and O–H groups in total. The van der Waals surface area contributed by atoms with Crippen molar-refractivity contribution in [2.75, 3.05) is 18.5 Å². The molecule has 3 fully saturated rings. The molecule has 2 amide bonds. The molecule has 2 heterocycles. The van der Waals surface area contributed by atoms with Crippen molar-refractivity contribution in [3.8, 4) is 10.4 Å². The minimum Gasteiger partial charge on any atom is -0.446 e. The molecule has 0 unspecified atom stereocenters.